The van der Waals surface area contributed by atoms with E-state index in [0.717, 1.165) is 33.2 Å². The maximum absolute atomic E-state index is 14.7. The van der Waals surface area contributed by atoms with Crippen molar-refractivity contribution in [3.8, 4) is 17.1 Å². The zero-order valence-electron chi connectivity index (χ0n) is 23.8. The molecule has 0 saturated carbocycles. The smallest absolute Gasteiger partial charge is 0.276 e. The molecule has 3 heterocycles. The quantitative estimate of drug-likeness (QED) is 0.313. The standard InChI is InChI=1S/C33H32N6O2/c1-20-11-14-22(15-12-20)19-38-28(31(40)35-33(3,4)5)25-18-24-17-21(2)13-16-26(24)34-30(25)39-29(32(38)41)27(36-37-39)23-9-7-6-8-10-23/h6-18,28H,19H2,1-5H3,(H,35,40). The van der Waals surface area contributed by atoms with Gasteiger partial charge in [0.05, 0.1) is 5.52 Å². The first kappa shape index (κ1) is 26.4. The van der Waals surface area contributed by atoms with Gasteiger partial charge in [-0.25, -0.2) is 4.98 Å². The molecule has 1 N–H and O–H groups in total. The van der Waals surface area contributed by atoms with Gasteiger partial charge in [0, 0.05) is 28.6 Å². The summed E-state index contributed by atoms with van der Waals surface area (Å²) in [6, 6.07) is 24.5. The van der Waals surface area contributed by atoms with E-state index in [-0.39, 0.29) is 24.1 Å². The summed E-state index contributed by atoms with van der Waals surface area (Å²) < 4.78 is 1.51. The monoisotopic (exact) mass is 544 g/mol. The minimum atomic E-state index is -0.958. The van der Waals surface area contributed by atoms with Gasteiger partial charge in [0.2, 0.25) is 5.91 Å². The normalized spacial score (nSPS) is 14.9. The fraction of sp³-hybridized carbons (Fsp3) is 0.242. The topological polar surface area (TPSA) is 93.0 Å². The van der Waals surface area contributed by atoms with Crippen molar-refractivity contribution in [2.75, 3.05) is 0 Å². The van der Waals surface area contributed by atoms with Crippen LogP contribution in [0.2, 0.25) is 0 Å². The summed E-state index contributed by atoms with van der Waals surface area (Å²) in [7, 11) is 0. The Morgan fingerprint density at radius 2 is 1.63 bits per heavy atom. The molecule has 0 saturated heterocycles. The predicted molar refractivity (Wildman–Crippen MR) is 159 cm³/mol. The number of aryl methyl sites for hydroxylation is 2. The molecular weight excluding hydrogens is 512 g/mol. The van der Waals surface area contributed by atoms with Gasteiger partial charge in [-0.1, -0.05) is 77.0 Å². The Hall–Kier alpha value is -4.85. The molecule has 0 bridgehead atoms. The maximum Gasteiger partial charge on any atom is 0.276 e. The van der Waals surface area contributed by atoms with Crippen LogP contribution in [0, 0.1) is 13.8 Å². The molecule has 0 spiro atoms. The van der Waals surface area contributed by atoms with Crippen molar-refractivity contribution in [1.82, 2.24) is 30.2 Å². The van der Waals surface area contributed by atoms with Crippen LogP contribution >= 0.6 is 0 Å². The minimum absolute atomic E-state index is 0.214. The van der Waals surface area contributed by atoms with Crippen molar-refractivity contribution in [2.45, 2.75) is 52.7 Å². The minimum Gasteiger partial charge on any atom is -0.349 e. The van der Waals surface area contributed by atoms with E-state index in [4.69, 9.17) is 4.98 Å². The Morgan fingerprint density at radius 1 is 0.927 bits per heavy atom. The van der Waals surface area contributed by atoms with Crippen LogP contribution in [0.5, 0.6) is 0 Å². The highest BCUT2D eigenvalue weighted by Gasteiger charge is 2.42. The van der Waals surface area contributed by atoms with E-state index in [9.17, 15) is 9.59 Å². The summed E-state index contributed by atoms with van der Waals surface area (Å²) in [6.07, 6.45) is 0. The Labute approximate surface area is 239 Å². The number of benzene rings is 3. The third kappa shape index (κ3) is 4.97. The zero-order valence-corrected chi connectivity index (χ0v) is 23.8. The van der Waals surface area contributed by atoms with Gasteiger partial charge in [-0.2, -0.15) is 4.68 Å². The molecule has 2 aromatic heterocycles. The molecule has 3 aromatic carbocycles. The number of hydrogen-bond acceptors (Lipinski definition) is 5. The zero-order chi connectivity index (χ0) is 28.9. The second-order valence-electron chi connectivity index (χ2n) is 11.7. The lowest BCUT2D eigenvalue weighted by Crippen LogP contribution is -2.48. The first-order valence-electron chi connectivity index (χ1n) is 13.7. The average Bonchev–Trinajstić information content (AvgIpc) is 3.34. The first-order chi connectivity index (χ1) is 19.6. The molecule has 1 unspecified atom stereocenters. The van der Waals surface area contributed by atoms with E-state index in [1.807, 2.05) is 113 Å². The lowest BCUT2D eigenvalue weighted by Gasteiger charge is -2.32. The molecule has 5 aromatic rings. The summed E-state index contributed by atoms with van der Waals surface area (Å²) in [4.78, 5) is 35.5. The summed E-state index contributed by atoms with van der Waals surface area (Å²) in [6.45, 7) is 10.0. The number of fused-ring (bicyclic) bond motifs is 4. The molecule has 206 valence electrons. The van der Waals surface area contributed by atoms with Crippen molar-refractivity contribution in [2.24, 2.45) is 0 Å². The van der Waals surface area contributed by atoms with E-state index in [2.05, 4.69) is 15.6 Å². The first-order valence-corrected chi connectivity index (χ1v) is 13.7. The van der Waals surface area contributed by atoms with Gasteiger partial charge in [0.15, 0.2) is 11.5 Å². The third-order valence-corrected chi connectivity index (χ3v) is 7.19. The van der Waals surface area contributed by atoms with Crippen LogP contribution in [0.3, 0.4) is 0 Å². The Bertz CT molecular complexity index is 1790. The lowest BCUT2D eigenvalue weighted by molar-refractivity contribution is -0.127. The second-order valence-corrected chi connectivity index (χ2v) is 11.7. The van der Waals surface area contributed by atoms with E-state index in [1.54, 1.807) is 4.90 Å². The van der Waals surface area contributed by atoms with Gasteiger partial charge >= 0.3 is 0 Å². The largest absolute Gasteiger partial charge is 0.349 e. The number of carbonyl (C=O) groups is 2. The highest BCUT2D eigenvalue weighted by atomic mass is 16.2. The van der Waals surface area contributed by atoms with E-state index in [1.165, 1.54) is 4.68 Å². The molecule has 1 aliphatic heterocycles. The molecule has 0 fully saturated rings. The number of amides is 2. The number of hydrogen-bond donors (Lipinski definition) is 1. The molecule has 6 rings (SSSR count). The molecule has 8 nitrogen and oxygen atoms in total. The fourth-order valence-corrected chi connectivity index (χ4v) is 5.28. The van der Waals surface area contributed by atoms with Gasteiger partial charge in [-0.05, 0) is 58.4 Å². The number of pyridine rings is 1. The highest BCUT2D eigenvalue weighted by Crippen LogP contribution is 2.37. The number of nitrogens with one attached hydrogen (secondary N) is 1. The third-order valence-electron chi connectivity index (χ3n) is 7.19. The van der Waals surface area contributed by atoms with Crippen LogP contribution in [-0.4, -0.2) is 42.2 Å². The lowest BCUT2D eigenvalue weighted by atomic mass is 9.99. The fourth-order valence-electron chi connectivity index (χ4n) is 5.28. The Balaban J connectivity index is 1.64. The van der Waals surface area contributed by atoms with Crippen LogP contribution in [0.15, 0.2) is 78.9 Å². The number of rotatable bonds is 4. The van der Waals surface area contributed by atoms with E-state index in [0.29, 0.717) is 17.1 Å². The highest BCUT2D eigenvalue weighted by molar-refractivity contribution is 6.03. The molecule has 2 amide bonds. The molecule has 1 atom stereocenters. The van der Waals surface area contributed by atoms with E-state index < -0.39 is 11.6 Å². The number of carbonyl (C=O) groups excluding carboxylic acids is 2. The Kier molecular flexibility index (Phi) is 6.41. The van der Waals surface area contributed by atoms with Gasteiger partial charge in [-0.15, -0.1) is 5.10 Å². The summed E-state index contributed by atoms with van der Waals surface area (Å²) in [5.41, 5.74) is 5.38. The molecule has 0 aliphatic carbocycles. The van der Waals surface area contributed by atoms with Crippen molar-refractivity contribution >= 4 is 22.7 Å². The predicted octanol–water partition coefficient (Wildman–Crippen LogP) is 5.71. The van der Waals surface area contributed by atoms with Gasteiger partial charge in [0.25, 0.3) is 5.91 Å². The summed E-state index contributed by atoms with van der Waals surface area (Å²) in [5.74, 6) is -0.213. The molecular formula is C33H32N6O2. The van der Waals surface area contributed by atoms with Crippen molar-refractivity contribution in [3.05, 3.63) is 107 Å². The van der Waals surface area contributed by atoms with Gasteiger partial charge in [0.1, 0.15) is 11.7 Å². The van der Waals surface area contributed by atoms with Gasteiger partial charge < -0.3 is 10.2 Å². The number of aromatic nitrogens is 4. The van der Waals surface area contributed by atoms with Crippen LogP contribution < -0.4 is 5.32 Å². The summed E-state index contributed by atoms with van der Waals surface area (Å²) in [5, 5.41) is 12.9. The van der Waals surface area contributed by atoms with Gasteiger partial charge in [-0.3, -0.25) is 9.59 Å². The van der Waals surface area contributed by atoms with Crippen molar-refractivity contribution in [1.29, 1.82) is 0 Å². The second kappa shape index (κ2) is 9.96. The van der Waals surface area contributed by atoms with Crippen LogP contribution in [0.25, 0.3) is 28.0 Å². The SMILES string of the molecule is Cc1ccc(CN2C(=O)c3c(-c4ccccc4)nnn3-c3nc4ccc(C)cc4cc3C2C(=O)NC(C)(C)C)cc1. The van der Waals surface area contributed by atoms with Crippen LogP contribution in [-0.2, 0) is 11.3 Å². The molecule has 0 radical (unpaired) electrons. The maximum atomic E-state index is 14.7. The average molecular weight is 545 g/mol. The molecule has 8 heteroatoms. The van der Waals surface area contributed by atoms with Crippen LogP contribution in [0.1, 0.15) is 59.6 Å². The molecule has 41 heavy (non-hydrogen) atoms. The summed E-state index contributed by atoms with van der Waals surface area (Å²) >= 11 is 0. The van der Waals surface area contributed by atoms with Crippen LogP contribution in [0.4, 0.5) is 0 Å². The van der Waals surface area contributed by atoms with Crippen molar-refractivity contribution in [3.63, 3.8) is 0 Å². The molecule has 1 aliphatic rings. The van der Waals surface area contributed by atoms with Crippen molar-refractivity contribution < 1.29 is 9.59 Å². The Morgan fingerprint density at radius 3 is 2.34 bits per heavy atom. The number of nitrogens with zero attached hydrogens (tertiary/aromatic N) is 5. The van der Waals surface area contributed by atoms with E-state index >= 15 is 0 Å².